The standard InChI is InChI=1S/C17H24N2O2.C16H25NO4/c20-16(14-4-2-1-3-5-14)10-17(21)19(15-6-7-15)12-13-8-9-18-11-13;1-12(2)17(3)16(18)13-7-8-14(20-5)15(11-13)21-10-6-9-19-4/h1-5,13,15-16,18,20H,6-12H2;7-8,11-12H,6,9-10H2,1-5H3. The van der Waals surface area contributed by atoms with Gasteiger partial charge < -0.3 is 34.4 Å². The predicted octanol–water partition coefficient (Wildman–Crippen LogP) is 4.30. The van der Waals surface area contributed by atoms with Crippen LogP contribution in [0, 0.1) is 5.92 Å². The van der Waals surface area contributed by atoms with E-state index in [2.05, 4.69) is 5.32 Å². The van der Waals surface area contributed by atoms with E-state index in [1.165, 1.54) is 0 Å². The number of amides is 2. The molecule has 2 fully saturated rings. The van der Waals surface area contributed by atoms with Crippen LogP contribution in [-0.4, -0.2) is 92.9 Å². The molecule has 0 spiro atoms. The van der Waals surface area contributed by atoms with Crippen molar-refractivity contribution in [2.45, 2.75) is 64.1 Å². The number of hydrogen-bond donors (Lipinski definition) is 2. The summed E-state index contributed by atoms with van der Waals surface area (Å²) in [6.45, 7) is 8.02. The average Bonchev–Trinajstić information content (AvgIpc) is 3.71. The lowest BCUT2D eigenvalue weighted by Crippen LogP contribution is -2.38. The van der Waals surface area contributed by atoms with Gasteiger partial charge in [-0.2, -0.15) is 0 Å². The molecule has 0 radical (unpaired) electrons. The molecule has 0 aromatic heterocycles. The zero-order valence-corrected chi connectivity index (χ0v) is 25.9. The Morgan fingerprint density at radius 2 is 1.76 bits per heavy atom. The quantitative estimate of drug-likeness (QED) is 0.320. The second kappa shape index (κ2) is 17.1. The summed E-state index contributed by atoms with van der Waals surface area (Å²) in [5, 5.41) is 13.6. The first-order valence-corrected chi connectivity index (χ1v) is 15.0. The maximum atomic E-state index is 12.5. The molecule has 2 aromatic rings. The van der Waals surface area contributed by atoms with E-state index in [-0.39, 0.29) is 24.3 Å². The Labute approximate surface area is 251 Å². The predicted molar refractivity (Wildman–Crippen MR) is 164 cm³/mol. The summed E-state index contributed by atoms with van der Waals surface area (Å²) in [5.41, 5.74) is 1.41. The van der Waals surface area contributed by atoms with Gasteiger partial charge in [0.2, 0.25) is 5.91 Å². The molecule has 9 nitrogen and oxygen atoms in total. The molecule has 2 unspecified atom stereocenters. The number of hydrogen-bond acceptors (Lipinski definition) is 7. The fourth-order valence-corrected chi connectivity index (χ4v) is 4.81. The Balaban J connectivity index is 0.000000230. The average molecular weight is 584 g/mol. The van der Waals surface area contributed by atoms with Crippen LogP contribution in [-0.2, 0) is 9.53 Å². The summed E-state index contributed by atoms with van der Waals surface area (Å²) in [7, 11) is 5.02. The molecule has 1 saturated heterocycles. The number of rotatable bonds is 14. The first-order chi connectivity index (χ1) is 20.2. The van der Waals surface area contributed by atoms with Crippen molar-refractivity contribution in [3.63, 3.8) is 0 Å². The van der Waals surface area contributed by atoms with E-state index in [4.69, 9.17) is 14.2 Å². The Bertz CT molecular complexity index is 1100. The lowest BCUT2D eigenvalue weighted by molar-refractivity contribution is -0.134. The number of carbonyl (C=O) groups excluding carboxylic acids is 2. The van der Waals surface area contributed by atoms with Gasteiger partial charge in [-0.3, -0.25) is 9.59 Å². The monoisotopic (exact) mass is 583 g/mol. The molecule has 2 aromatic carbocycles. The second-order valence-electron chi connectivity index (χ2n) is 11.3. The van der Waals surface area contributed by atoms with Gasteiger partial charge in [-0.05, 0) is 75.9 Å². The third-order valence-electron chi connectivity index (χ3n) is 7.73. The number of ether oxygens (including phenoxy) is 3. The lowest BCUT2D eigenvalue weighted by atomic mass is 10.0. The van der Waals surface area contributed by atoms with Crippen molar-refractivity contribution in [2.75, 3.05) is 54.1 Å². The maximum absolute atomic E-state index is 12.5. The molecule has 9 heteroatoms. The van der Waals surface area contributed by atoms with Gasteiger partial charge in [0.1, 0.15) is 0 Å². The van der Waals surface area contributed by atoms with E-state index in [1.807, 2.05) is 49.1 Å². The van der Waals surface area contributed by atoms with Crippen molar-refractivity contribution < 1.29 is 28.9 Å². The van der Waals surface area contributed by atoms with Gasteiger partial charge in [-0.15, -0.1) is 0 Å². The highest BCUT2D eigenvalue weighted by Crippen LogP contribution is 2.31. The third kappa shape index (κ3) is 10.3. The SMILES string of the molecule is COCCCOc1cc(C(=O)N(C)C(C)C)ccc1OC.O=C(CC(O)c1ccccc1)N(CC1CCNC1)C1CC1. The number of aliphatic hydroxyl groups excluding tert-OH is 1. The van der Waals surface area contributed by atoms with Crippen LogP contribution in [0.4, 0.5) is 0 Å². The molecule has 2 amide bonds. The molecule has 1 saturated carbocycles. The van der Waals surface area contributed by atoms with Crippen LogP contribution in [0.2, 0.25) is 0 Å². The van der Waals surface area contributed by atoms with Crippen molar-refractivity contribution in [1.82, 2.24) is 15.1 Å². The largest absolute Gasteiger partial charge is 0.493 e. The molecular weight excluding hydrogens is 534 g/mol. The summed E-state index contributed by atoms with van der Waals surface area (Å²) >= 11 is 0. The molecule has 1 heterocycles. The van der Waals surface area contributed by atoms with Crippen molar-refractivity contribution >= 4 is 11.8 Å². The smallest absolute Gasteiger partial charge is 0.253 e. The Morgan fingerprint density at radius 1 is 1.02 bits per heavy atom. The summed E-state index contributed by atoms with van der Waals surface area (Å²) in [4.78, 5) is 28.6. The fraction of sp³-hybridized carbons (Fsp3) is 0.576. The maximum Gasteiger partial charge on any atom is 0.253 e. The number of aliphatic hydroxyl groups is 1. The zero-order valence-electron chi connectivity index (χ0n) is 25.9. The van der Waals surface area contributed by atoms with Crippen LogP contribution in [0.15, 0.2) is 48.5 Å². The number of methoxy groups -OCH3 is 2. The van der Waals surface area contributed by atoms with Crippen LogP contribution in [0.3, 0.4) is 0 Å². The van der Waals surface area contributed by atoms with E-state index in [0.29, 0.717) is 42.2 Å². The molecule has 1 aliphatic carbocycles. The molecular formula is C33H49N3O6. The molecule has 232 valence electrons. The van der Waals surface area contributed by atoms with Gasteiger partial charge in [0.25, 0.3) is 5.91 Å². The third-order valence-corrected chi connectivity index (χ3v) is 7.73. The van der Waals surface area contributed by atoms with E-state index < -0.39 is 6.10 Å². The Kier molecular flexibility index (Phi) is 13.6. The van der Waals surface area contributed by atoms with Crippen molar-refractivity contribution in [3.8, 4) is 11.5 Å². The Hall–Kier alpha value is -3.14. The van der Waals surface area contributed by atoms with Crippen molar-refractivity contribution in [3.05, 3.63) is 59.7 Å². The van der Waals surface area contributed by atoms with Crippen molar-refractivity contribution in [1.29, 1.82) is 0 Å². The van der Waals surface area contributed by atoms with Gasteiger partial charge in [-0.25, -0.2) is 0 Å². The highest BCUT2D eigenvalue weighted by atomic mass is 16.5. The molecule has 42 heavy (non-hydrogen) atoms. The normalized spacial score (nSPS) is 16.8. The topological polar surface area (TPSA) is 101 Å². The summed E-state index contributed by atoms with van der Waals surface area (Å²) in [6, 6.07) is 15.3. The second-order valence-corrected chi connectivity index (χ2v) is 11.3. The number of nitrogens with zero attached hydrogens (tertiary/aromatic N) is 2. The zero-order chi connectivity index (χ0) is 30.5. The van der Waals surface area contributed by atoms with Gasteiger partial charge in [0.15, 0.2) is 11.5 Å². The van der Waals surface area contributed by atoms with Crippen molar-refractivity contribution in [2.24, 2.45) is 5.92 Å². The van der Waals surface area contributed by atoms with E-state index in [1.54, 1.807) is 44.4 Å². The highest BCUT2D eigenvalue weighted by molar-refractivity contribution is 5.95. The van der Waals surface area contributed by atoms with E-state index in [9.17, 15) is 14.7 Å². The minimum Gasteiger partial charge on any atom is -0.493 e. The first-order valence-electron chi connectivity index (χ1n) is 15.0. The fourth-order valence-electron chi connectivity index (χ4n) is 4.81. The minimum atomic E-state index is -0.693. The van der Waals surface area contributed by atoms with Crippen LogP contribution in [0.5, 0.6) is 11.5 Å². The van der Waals surface area contributed by atoms with E-state index >= 15 is 0 Å². The number of benzene rings is 2. The summed E-state index contributed by atoms with van der Waals surface area (Å²) in [5.74, 6) is 1.84. The summed E-state index contributed by atoms with van der Waals surface area (Å²) < 4.78 is 15.9. The lowest BCUT2D eigenvalue weighted by Gasteiger charge is -2.26. The molecule has 1 aliphatic heterocycles. The van der Waals surface area contributed by atoms with Crippen LogP contribution in [0.25, 0.3) is 0 Å². The summed E-state index contributed by atoms with van der Waals surface area (Å²) in [6.07, 6.45) is 3.67. The molecule has 2 aliphatic rings. The van der Waals surface area contributed by atoms with Gasteiger partial charge in [0, 0.05) is 51.4 Å². The van der Waals surface area contributed by atoms with E-state index in [0.717, 1.165) is 50.9 Å². The minimum absolute atomic E-state index is 0.0330. The Morgan fingerprint density at radius 3 is 2.36 bits per heavy atom. The van der Waals surface area contributed by atoms with Gasteiger partial charge in [-0.1, -0.05) is 30.3 Å². The molecule has 0 bridgehead atoms. The van der Waals surface area contributed by atoms with Crippen LogP contribution < -0.4 is 14.8 Å². The number of nitrogens with one attached hydrogen (secondary N) is 1. The number of carbonyl (C=O) groups is 2. The molecule has 2 atom stereocenters. The van der Waals surface area contributed by atoms with Gasteiger partial charge >= 0.3 is 0 Å². The molecule has 4 rings (SSSR count). The highest BCUT2D eigenvalue weighted by Gasteiger charge is 2.35. The van der Waals surface area contributed by atoms with Crippen LogP contribution >= 0.6 is 0 Å². The van der Waals surface area contributed by atoms with Gasteiger partial charge in [0.05, 0.1) is 26.2 Å². The molecule has 2 N–H and O–H groups in total. The first kappa shape index (κ1) is 33.4. The van der Waals surface area contributed by atoms with Crippen LogP contribution in [0.1, 0.15) is 68.0 Å².